The zero-order valence-electron chi connectivity index (χ0n) is 20.4. The van der Waals surface area contributed by atoms with Gasteiger partial charge in [-0.1, -0.05) is 18.2 Å². The van der Waals surface area contributed by atoms with Gasteiger partial charge in [0, 0.05) is 36.3 Å². The standard InChI is InChI=1S/C25H31NO8/c1-7-15(4)23(28)31-13-18(9-3)25(30)32-14-19-10-11-26-21(33-17(6)27)12-20(22(19)26)34-24(29)16(5)8-2/h7-11,20-21H,12-14H2,1-6H3/t20-,21+/m1/s1. The molecule has 34 heavy (non-hydrogen) atoms. The van der Waals surface area contributed by atoms with Gasteiger partial charge in [0.25, 0.3) is 0 Å². The van der Waals surface area contributed by atoms with Crippen LogP contribution >= 0.6 is 0 Å². The van der Waals surface area contributed by atoms with E-state index < -0.39 is 36.2 Å². The molecule has 1 aliphatic rings. The smallest absolute Gasteiger partial charge is 0.337 e. The summed E-state index contributed by atoms with van der Waals surface area (Å²) < 4.78 is 23.3. The minimum Gasteiger partial charge on any atom is -0.457 e. The van der Waals surface area contributed by atoms with Crippen LogP contribution in [0.1, 0.15) is 71.6 Å². The number of hydrogen-bond donors (Lipinski definition) is 0. The lowest BCUT2D eigenvalue weighted by Gasteiger charge is -2.15. The van der Waals surface area contributed by atoms with Gasteiger partial charge in [-0.2, -0.15) is 0 Å². The van der Waals surface area contributed by atoms with Crippen molar-refractivity contribution >= 4 is 23.9 Å². The fourth-order valence-corrected chi connectivity index (χ4v) is 3.27. The molecule has 9 heteroatoms. The summed E-state index contributed by atoms with van der Waals surface area (Å²) in [6, 6.07) is 1.71. The summed E-state index contributed by atoms with van der Waals surface area (Å²) in [7, 11) is 0. The molecule has 0 fully saturated rings. The van der Waals surface area contributed by atoms with Crippen LogP contribution in [0.15, 0.2) is 47.2 Å². The van der Waals surface area contributed by atoms with Crippen molar-refractivity contribution in [3.05, 3.63) is 58.5 Å². The molecule has 0 N–H and O–H groups in total. The predicted molar refractivity (Wildman–Crippen MR) is 122 cm³/mol. The van der Waals surface area contributed by atoms with E-state index in [2.05, 4.69) is 0 Å². The highest BCUT2D eigenvalue weighted by Gasteiger charge is 2.37. The van der Waals surface area contributed by atoms with Gasteiger partial charge in [0.1, 0.15) is 19.3 Å². The van der Waals surface area contributed by atoms with Crippen LogP contribution in [-0.4, -0.2) is 35.1 Å². The van der Waals surface area contributed by atoms with Crippen LogP contribution in [0.4, 0.5) is 0 Å². The minimum atomic E-state index is -0.679. The highest BCUT2D eigenvalue weighted by atomic mass is 16.6. The summed E-state index contributed by atoms with van der Waals surface area (Å²) in [6.45, 7) is 9.34. The van der Waals surface area contributed by atoms with E-state index in [1.807, 2.05) is 0 Å². The van der Waals surface area contributed by atoms with Crippen LogP contribution in [-0.2, 0) is 44.7 Å². The van der Waals surface area contributed by atoms with Gasteiger partial charge in [-0.3, -0.25) is 4.79 Å². The fraction of sp³-hybridized carbons (Fsp3) is 0.440. The van der Waals surface area contributed by atoms with E-state index in [1.165, 1.54) is 13.0 Å². The van der Waals surface area contributed by atoms with Gasteiger partial charge in [-0.25, -0.2) is 14.4 Å². The van der Waals surface area contributed by atoms with Crippen LogP contribution in [0, 0.1) is 0 Å². The third-order valence-corrected chi connectivity index (χ3v) is 5.46. The van der Waals surface area contributed by atoms with Gasteiger partial charge >= 0.3 is 23.9 Å². The third kappa shape index (κ3) is 6.46. The molecule has 2 heterocycles. The molecule has 0 bridgehead atoms. The van der Waals surface area contributed by atoms with Gasteiger partial charge < -0.3 is 23.5 Å². The Morgan fingerprint density at radius 3 is 2.15 bits per heavy atom. The summed E-state index contributed by atoms with van der Waals surface area (Å²) in [5.41, 5.74) is 2.27. The first-order chi connectivity index (χ1) is 16.1. The maximum atomic E-state index is 12.6. The Bertz CT molecular complexity index is 1040. The molecule has 0 radical (unpaired) electrons. The van der Waals surface area contributed by atoms with Gasteiger partial charge in [-0.15, -0.1) is 0 Å². The average Bonchev–Trinajstić information content (AvgIpc) is 3.37. The first-order valence-corrected chi connectivity index (χ1v) is 11.0. The second kappa shape index (κ2) is 12.0. The Morgan fingerprint density at radius 1 is 0.912 bits per heavy atom. The molecular formula is C25H31NO8. The predicted octanol–water partition coefficient (Wildman–Crippen LogP) is 4.00. The first-order valence-electron chi connectivity index (χ1n) is 11.0. The second-order valence-electron chi connectivity index (χ2n) is 7.74. The van der Waals surface area contributed by atoms with Crippen LogP contribution in [0.3, 0.4) is 0 Å². The number of rotatable bonds is 9. The average molecular weight is 474 g/mol. The zero-order valence-corrected chi connectivity index (χ0v) is 20.4. The van der Waals surface area contributed by atoms with Gasteiger partial charge in [0.2, 0.25) is 0 Å². The molecule has 1 aromatic heterocycles. The highest BCUT2D eigenvalue weighted by Crippen LogP contribution is 2.41. The Kier molecular flexibility index (Phi) is 9.41. The number of aromatic nitrogens is 1. The summed E-state index contributed by atoms with van der Waals surface area (Å²) >= 11 is 0. The van der Waals surface area contributed by atoms with E-state index in [1.54, 1.807) is 63.6 Å². The number of ether oxygens (including phenoxy) is 4. The summed E-state index contributed by atoms with van der Waals surface area (Å²) in [6.07, 6.45) is 5.41. The minimum absolute atomic E-state index is 0.107. The SMILES string of the molecule is CC=C(C)C(=O)OCC(=CC)C(=O)OCc1ccn2c1[C@H](OC(=O)C(C)=CC)C[C@@H]2OC(C)=O. The van der Waals surface area contributed by atoms with Crippen molar-refractivity contribution in [2.45, 2.75) is 66.9 Å². The third-order valence-electron chi connectivity index (χ3n) is 5.46. The summed E-state index contributed by atoms with van der Waals surface area (Å²) in [5.74, 6) is -2.10. The van der Waals surface area contributed by atoms with Crippen LogP contribution in [0.25, 0.3) is 0 Å². The van der Waals surface area contributed by atoms with E-state index in [0.717, 1.165) is 0 Å². The van der Waals surface area contributed by atoms with Crippen molar-refractivity contribution in [3.63, 3.8) is 0 Å². The van der Waals surface area contributed by atoms with Crippen LogP contribution < -0.4 is 0 Å². The Labute approximate surface area is 199 Å². The topological polar surface area (TPSA) is 110 Å². The largest absolute Gasteiger partial charge is 0.457 e. The normalized spacial score (nSPS) is 18.2. The molecular weight excluding hydrogens is 442 g/mol. The molecule has 0 unspecified atom stereocenters. The lowest BCUT2D eigenvalue weighted by Crippen LogP contribution is -2.16. The van der Waals surface area contributed by atoms with Gasteiger partial charge in [0.15, 0.2) is 6.23 Å². The number of carbonyl (C=O) groups excluding carboxylic acids is 4. The van der Waals surface area contributed by atoms with Gasteiger partial charge in [-0.05, 0) is 40.7 Å². The first kappa shape index (κ1) is 26.6. The lowest BCUT2D eigenvalue weighted by molar-refractivity contribution is -0.153. The highest BCUT2D eigenvalue weighted by molar-refractivity contribution is 5.91. The zero-order chi connectivity index (χ0) is 25.4. The summed E-state index contributed by atoms with van der Waals surface area (Å²) in [4.78, 5) is 48.3. The van der Waals surface area contributed by atoms with Crippen molar-refractivity contribution in [1.82, 2.24) is 4.57 Å². The molecule has 1 aliphatic heterocycles. The van der Waals surface area contributed by atoms with Crippen molar-refractivity contribution in [1.29, 1.82) is 0 Å². The van der Waals surface area contributed by atoms with E-state index in [9.17, 15) is 19.2 Å². The Hall–Kier alpha value is -3.62. The fourth-order valence-electron chi connectivity index (χ4n) is 3.27. The van der Waals surface area contributed by atoms with Crippen LogP contribution in [0.2, 0.25) is 0 Å². The molecule has 9 nitrogen and oxygen atoms in total. The molecule has 0 amide bonds. The molecule has 0 aromatic carbocycles. The molecule has 2 atom stereocenters. The molecule has 0 saturated carbocycles. The second-order valence-corrected chi connectivity index (χ2v) is 7.74. The molecule has 0 saturated heterocycles. The number of allylic oxidation sites excluding steroid dienone is 3. The quantitative estimate of drug-likeness (QED) is 0.301. The molecule has 0 spiro atoms. The number of nitrogens with zero attached hydrogens (tertiary/aromatic N) is 1. The number of carbonyl (C=O) groups is 4. The van der Waals surface area contributed by atoms with E-state index in [0.29, 0.717) is 22.4 Å². The van der Waals surface area contributed by atoms with Gasteiger partial charge in [0.05, 0.1) is 11.3 Å². The molecule has 184 valence electrons. The number of fused-ring (bicyclic) bond motifs is 1. The molecule has 0 aliphatic carbocycles. The van der Waals surface area contributed by atoms with Crippen molar-refractivity contribution in [2.75, 3.05) is 6.61 Å². The number of hydrogen-bond acceptors (Lipinski definition) is 8. The number of esters is 4. The molecule has 1 aromatic rings. The van der Waals surface area contributed by atoms with E-state index in [-0.39, 0.29) is 25.2 Å². The summed E-state index contributed by atoms with van der Waals surface area (Å²) in [5, 5.41) is 0. The molecule has 2 rings (SSSR count). The van der Waals surface area contributed by atoms with Crippen molar-refractivity contribution < 1.29 is 38.1 Å². The Morgan fingerprint density at radius 2 is 1.56 bits per heavy atom. The lowest BCUT2D eigenvalue weighted by atomic mass is 10.1. The maximum absolute atomic E-state index is 12.6. The van der Waals surface area contributed by atoms with Crippen LogP contribution in [0.5, 0.6) is 0 Å². The van der Waals surface area contributed by atoms with E-state index in [4.69, 9.17) is 18.9 Å². The maximum Gasteiger partial charge on any atom is 0.337 e. The Balaban J connectivity index is 2.14. The van der Waals surface area contributed by atoms with Crippen molar-refractivity contribution in [3.8, 4) is 0 Å². The monoisotopic (exact) mass is 473 g/mol. The van der Waals surface area contributed by atoms with Crippen molar-refractivity contribution in [2.24, 2.45) is 0 Å². The van der Waals surface area contributed by atoms with E-state index >= 15 is 0 Å².